The Morgan fingerprint density at radius 3 is 2.56 bits per heavy atom. The van der Waals surface area contributed by atoms with Gasteiger partial charge < -0.3 is 15.2 Å². The molecule has 0 radical (unpaired) electrons. The maximum atomic E-state index is 5.68. The molecule has 2 N–H and O–H groups in total. The third-order valence-corrected chi connectivity index (χ3v) is 2.49. The van der Waals surface area contributed by atoms with Crippen LogP contribution < -0.4 is 10.5 Å². The van der Waals surface area contributed by atoms with Crippen molar-refractivity contribution in [3.05, 3.63) is 60.2 Å². The first-order valence-corrected chi connectivity index (χ1v) is 5.92. The molecule has 0 saturated heterocycles. The molecular formula is C15H17NO2. The lowest BCUT2D eigenvalue weighted by molar-refractivity contribution is -0.0758. The zero-order valence-electron chi connectivity index (χ0n) is 10.4. The van der Waals surface area contributed by atoms with Crippen LogP contribution in [0.5, 0.6) is 5.75 Å². The van der Waals surface area contributed by atoms with Gasteiger partial charge in [0.15, 0.2) is 6.29 Å². The number of ether oxygens (including phenoxy) is 2. The summed E-state index contributed by atoms with van der Waals surface area (Å²) >= 11 is 0. The van der Waals surface area contributed by atoms with Gasteiger partial charge in [0, 0.05) is 11.8 Å². The van der Waals surface area contributed by atoms with Gasteiger partial charge in [0.05, 0.1) is 6.61 Å². The lowest BCUT2D eigenvalue weighted by atomic mass is 10.2. The first-order valence-electron chi connectivity index (χ1n) is 5.92. The minimum Gasteiger partial charge on any atom is -0.465 e. The van der Waals surface area contributed by atoms with Crippen LogP contribution in [0.25, 0.3) is 0 Å². The molecule has 1 unspecified atom stereocenters. The fourth-order valence-electron chi connectivity index (χ4n) is 1.60. The molecule has 3 nitrogen and oxygen atoms in total. The first-order chi connectivity index (χ1) is 8.74. The number of hydrogen-bond acceptors (Lipinski definition) is 3. The van der Waals surface area contributed by atoms with E-state index in [1.807, 2.05) is 55.5 Å². The minimum absolute atomic E-state index is 0.313. The molecule has 2 rings (SSSR count). The van der Waals surface area contributed by atoms with Gasteiger partial charge in [-0.25, -0.2) is 0 Å². The second-order valence-electron chi connectivity index (χ2n) is 4.05. The Balaban J connectivity index is 1.84. The van der Waals surface area contributed by atoms with E-state index in [2.05, 4.69) is 0 Å². The van der Waals surface area contributed by atoms with Gasteiger partial charge in [-0.2, -0.15) is 0 Å². The highest BCUT2D eigenvalue weighted by Gasteiger charge is 2.04. The summed E-state index contributed by atoms with van der Waals surface area (Å²) in [5.74, 6) is 0.718. The van der Waals surface area contributed by atoms with E-state index in [9.17, 15) is 0 Å². The van der Waals surface area contributed by atoms with Crippen LogP contribution in [-0.4, -0.2) is 6.29 Å². The predicted octanol–water partition coefficient (Wildman–Crippen LogP) is 3.21. The Morgan fingerprint density at radius 2 is 1.83 bits per heavy atom. The molecular weight excluding hydrogens is 226 g/mol. The zero-order valence-corrected chi connectivity index (χ0v) is 10.4. The lowest BCUT2D eigenvalue weighted by Crippen LogP contribution is -2.16. The molecule has 0 bridgehead atoms. The maximum absolute atomic E-state index is 5.68. The van der Waals surface area contributed by atoms with E-state index in [4.69, 9.17) is 15.2 Å². The Morgan fingerprint density at radius 1 is 1.06 bits per heavy atom. The predicted molar refractivity (Wildman–Crippen MR) is 72.2 cm³/mol. The van der Waals surface area contributed by atoms with Crippen LogP contribution >= 0.6 is 0 Å². The zero-order chi connectivity index (χ0) is 12.8. The molecule has 0 amide bonds. The Labute approximate surface area is 107 Å². The summed E-state index contributed by atoms with van der Waals surface area (Å²) in [6, 6.07) is 17.3. The van der Waals surface area contributed by atoms with Gasteiger partial charge in [-0.1, -0.05) is 36.4 Å². The van der Waals surface area contributed by atoms with Crippen molar-refractivity contribution in [2.24, 2.45) is 0 Å². The van der Waals surface area contributed by atoms with Gasteiger partial charge in [-0.05, 0) is 24.6 Å². The van der Waals surface area contributed by atoms with E-state index < -0.39 is 0 Å². The Hall–Kier alpha value is -2.00. The number of rotatable bonds is 5. The summed E-state index contributed by atoms with van der Waals surface area (Å²) in [6.07, 6.45) is -0.313. The number of nitrogen functional groups attached to an aromatic ring is 1. The van der Waals surface area contributed by atoms with Crippen LogP contribution in [0.2, 0.25) is 0 Å². The molecule has 0 spiro atoms. The number of benzene rings is 2. The van der Waals surface area contributed by atoms with Gasteiger partial charge >= 0.3 is 0 Å². The van der Waals surface area contributed by atoms with E-state index in [1.165, 1.54) is 0 Å². The van der Waals surface area contributed by atoms with Crippen molar-refractivity contribution >= 4 is 5.69 Å². The molecule has 0 aliphatic carbocycles. The quantitative estimate of drug-likeness (QED) is 0.647. The fraction of sp³-hybridized carbons (Fsp3) is 0.200. The SMILES string of the molecule is CC(OCc1ccccc1)Oc1cccc(N)c1. The smallest absolute Gasteiger partial charge is 0.197 e. The molecule has 1 atom stereocenters. The molecule has 0 aliphatic heterocycles. The van der Waals surface area contributed by atoms with Crippen LogP contribution in [-0.2, 0) is 11.3 Å². The lowest BCUT2D eigenvalue weighted by Gasteiger charge is -2.15. The molecule has 0 saturated carbocycles. The average molecular weight is 243 g/mol. The highest BCUT2D eigenvalue weighted by molar-refractivity contribution is 5.43. The van der Waals surface area contributed by atoms with Gasteiger partial charge in [-0.3, -0.25) is 0 Å². The van der Waals surface area contributed by atoms with Crippen molar-refractivity contribution in [2.45, 2.75) is 19.8 Å². The summed E-state index contributed by atoms with van der Waals surface area (Å²) < 4.78 is 11.2. The minimum atomic E-state index is -0.313. The fourth-order valence-corrected chi connectivity index (χ4v) is 1.60. The molecule has 94 valence electrons. The first kappa shape index (κ1) is 12.5. The van der Waals surface area contributed by atoms with Gasteiger partial charge in [0.2, 0.25) is 0 Å². The molecule has 0 aliphatic rings. The van der Waals surface area contributed by atoms with E-state index in [0.29, 0.717) is 12.3 Å². The average Bonchev–Trinajstić information content (AvgIpc) is 2.38. The van der Waals surface area contributed by atoms with Gasteiger partial charge in [0.25, 0.3) is 0 Å². The largest absolute Gasteiger partial charge is 0.465 e. The van der Waals surface area contributed by atoms with Crippen LogP contribution in [0.15, 0.2) is 54.6 Å². The van der Waals surface area contributed by atoms with Crippen molar-refractivity contribution in [1.82, 2.24) is 0 Å². The molecule has 2 aromatic rings. The van der Waals surface area contributed by atoms with Crippen molar-refractivity contribution in [1.29, 1.82) is 0 Å². The third-order valence-electron chi connectivity index (χ3n) is 2.49. The van der Waals surface area contributed by atoms with Crippen LogP contribution in [0.3, 0.4) is 0 Å². The Kier molecular flexibility index (Phi) is 4.20. The molecule has 0 fully saturated rings. The van der Waals surface area contributed by atoms with E-state index in [-0.39, 0.29) is 6.29 Å². The second kappa shape index (κ2) is 6.07. The van der Waals surface area contributed by atoms with Crippen molar-refractivity contribution in [3.63, 3.8) is 0 Å². The normalized spacial score (nSPS) is 12.1. The van der Waals surface area contributed by atoms with E-state index >= 15 is 0 Å². The number of nitrogens with two attached hydrogens (primary N) is 1. The van der Waals surface area contributed by atoms with Crippen LogP contribution in [0.1, 0.15) is 12.5 Å². The summed E-state index contributed by atoms with van der Waals surface area (Å²) in [5, 5.41) is 0. The highest BCUT2D eigenvalue weighted by atomic mass is 16.7. The summed E-state index contributed by atoms with van der Waals surface area (Å²) in [4.78, 5) is 0. The second-order valence-corrected chi connectivity index (χ2v) is 4.05. The summed E-state index contributed by atoms with van der Waals surface area (Å²) in [6.45, 7) is 2.40. The van der Waals surface area contributed by atoms with Gasteiger partial charge in [-0.15, -0.1) is 0 Å². The maximum Gasteiger partial charge on any atom is 0.197 e. The monoisotopic (exact) mass is 243 g/mol. The van der Waals surface area contributed by atoms with Crippen LogP contribution in [0.4, 0.5) is 5.69 Å². The summed E-state index contributed by atoms with van der Waals surface area (Å²) in [7, 11) is 0. The Bertz CT molecular complexity index is 485. The standard InChI is InChI=1S/C15H17NO2/c1-12(17-11-13-6-3-2-4-7-13)18-15-9-5-8-14(16)10-15/h2-10,12H,11,16H2,1H3. The molecule has 3 heteroatoms. The molecule has 2 aromatic carbocycles. The summed E-state index contributed by atoms with van der Waals surface area (Å²) in [5.41, 5.74) is 7.49. The van der Waals surface area contributed by atoms with Gasteiger partial charge in [0.1, 0.15) is 5.75 Å². The highest BCUT2D eigenvalue weighted by Crippen LogP contribution is 2.16. The van der Waals surface area contributed by atoms with Crippen molar-refractivity contribution < 1.29 is 9.47 Å². The van der Waals surface area contributed by atoms with Crippen molar-refractivity contribution in [3.8, 4) is 5.75 Å². The molecule has 18 heavy (non-hydrogen) atoms. The van der Waals surface area contributed by atoms with E-state index in [0.717, 1.165) is 11.3 Å². The molecule has 0 aromatic heterocycles. The third kappa shape index (κ3) is 3.79. The number of hydrogen-bond donors (Lipinski definition) is 1. The van der Waals surface area contributed by atoms with Crippen LogP contribution in [0, 0.1) is 0 Å². The van der Waals surface area contributed by atoms with Crippen molar-refractivity contribution in [2.75, 3.05) is 5.73 Å². The van der Waals surface area contributed by atoms with E-state index in [1.54, 1.807) is 6.07 Å². The number of anilines is 1. The topological polar surface area (TPSA) is 44.5 Å². The molecule has 0 heterocycles.